The second-order valence-corrected chi connectivity index (χ2v) is 15.2. The summed E-state index contributed by atoms with van der Waals surface area (Å²) in [6, 6.07) is 11.8. The number of nitrogens with zero attached hydrogens (tertiary/aromatic N) is 4. The highest BCUT2D eigenvalue weighted by Gasteiger charge is 2.31. The Hall–Kier alpha value is -6.08. The number of unbranched alkanes of at least 4 members (excludes halogenated alkanes) is 1. The fraction of sp³-hybridized carbons (Fsp3) is 0.512. The quantitative estimate of drug-likeness (QED) is 0.0473. The number of para-hydroxylation sites is 3. The van der Waals surface area contributed by atoms with E-state index >= 15 is 0 Å². The van der Waals surface area contributed by atoms with E-state index in [0.29, 0.717) is 60.9 Å². The number of aliphatic imine (C=N–C) groups is 2. The molecule has 326 valence electrons. The van der Waals surface area contributed by atoms with Gasteiger partial charge in [-0.05, 0) is 102 Å². The highest BCUT2D eigenvalue weighted by atomic mass is 16.2. The zero-order valence-corrected chi connectivity index (χ0v) is 34.6. The number of hydrogen-bond donors (Lipinski definition) is 9. The molecule has 60 heavy (non-hydrogen) atoms. The van der Waals surface area contributed by atoms with Crippen molar-refractivity contribution in [2.75, 3.05) is 49.5 Å². The SMILES string of the molecule is CC(=O)NC(=O)[C@H](CCCN=C(N)N)NC(=O)[C@H](C)NC(=O)[C@@H](CCCN=C(N)N)NCCCCC1CCN(CC(=O)N2c3ccccc3NC(=O)c3ccccc32)CC1. The van der Waals surface area contributed by atoms with Gasteiger partial charge in [-0.25, -0.2) is 0 Å². The van der Waals surface area contributed by atoms with E-state index in [4.69, 9.17) is 22.9 Å². The number of amides is 6. The first-order valence-electron chi connectivity index (χ1n) is 20.5. The van der Waals surface area contributed by atoms with Gasteiger partial charge < -0.3 is 44.2 Å². The summed E-state index contributed by atoms with van der Waals surface area (Å²) in [5, 5.41) is 13.8. The molecule has 4 rings (SSSR count). The first-order valence-corrected chi connectivity index (χ1v) is 20.5. The molecule has 2 aromatic carbocycles. The molecule has 2 heterocycles. The predicted octanol–water partition coefficient (Wildman–Crippen LogP) is 0.517. The lowest BCUT2D eigenvalue weighted by Gasteiger charge is -2.33. The molecule has 2 aliphatic rings. The molecule has 0 unspecified atom stereocenters. The van der Waals surface area contributed by atoms with Gasteiger partial charge in [-0.1, -0.05) is 37.1 Å². The van der Waals surface area contributed by atoms with Crippen molar-refractivity contribution in [3.05, 3.63) is 54.1 Å². The number of anilines is 3. The number of imide groups is 1. The first-order chi connectivity index (χ1) is 28.7. The topological polar surface area (TPSA) is 298 Å². The van der Waals surface area contributed by atoms with Crippen LogP contribution in [0, 0.1) is 5.92 Å². The van der Waals surface area contributed by atoms with Crippen molar-refractivity contribution >= 4 is 64.4 Å². The van der Waals surface area contributed by atoms with Gasteiger partial charge in [0.25, 0.3) is 5.91 Å². The molecular weight excluding hydrogens is 771 g/mol. The molecule has 3 atom stereocenters. The lowest BCUT2D eigenvalue weighted by Crippen LogP contribution is -2.55. The van der Waals surface area contributed by atoms with Crippen LogP contribution in [0.15, 0.2) is 58.5 Å². The van der Waals surface area contributed by atoms with Gasteiger partial charge in [0.05, 0.1) is 35.2 Å². The van der Waals surface area contributed by atoms with Crippen molar-refractivity contribution in [2.45, 2.75) is 89.8 Å². The van der Waals surface area contributed by atoms with Crippen LogP contribution in [0.2, 0.25) is 0 Å². The molecule has 2 aliphatic heterocycles. The summed E-state index contributed by atoms with van der Waals surface area (Å²) >= 11 is 0. The molecule has 19 nitrogen and oxygen atoms in total. The second-order valence-electron chi connectivity index (χ2n) is 15.2. The number of piperidine rings is 1. The molecule has 13 N–H and O–H groups in total. The Morgan fingerprint density at radius 2 is 1.40 bits per heavy atom. The molecule has 2 aromatic rings. The lowest BCUT2D eigenvalue weighted by atomic mass is 9.91. The fourth-order valence-corrected chi connectivity index (χ4v) is 7.29. The number of hydrogen-bond acceptors (Lipinski definition) is 10. The van der Waals surface area contributed by atoms with Crippen LogP contribution in [-0.4, -0.2) is 110 Å². The van der Waals surface area contributed by atoms with Crippen molar-refractivity contribution in [3.63, 3.8) is 0 Å². The monoisotopic (exact) mass is 831 g/mol. The number of rotatable bonds is 21. The van der Waals surface area contributed by atoms with Crippen LogP contribution in [-0.2, 0) is 24.0 Å². The molecule has 0 aromatic heterocycles. The molecule has 1 saturated heterocycles. The number of guanidine groups is 2. The van der Waals surface area contributed by atoms with Crippen LogP contribution in [0.1, 0.15) is 82.0 Å². The number of fused-ring (bicyclic) bond motifs is 2. The minimum atomic E-state index is -1.05. The number of carbonyl (C=O) groups excluding carboxylic acids is 6. The van der Waals surface area contributed by atoms with Gasteiger partial charge in [0, 0.05) is 20.0 Å². The summed E-state index contributed by atoms with van der Waals surface area (Å²) in [7, 11) is 0. The van der Waals surface area contributed by atoms with Gasteiger partial charge in [-0.2, -0.15) is 0 Å². The predicted molar refractivity (Wildman–Crippen MR) is 231 cm³/mol. The molecule has 19 heteroatoms. The van der Waals surface area contributed by atoms with Crippen LogP contribution >= 0.6 is 0 Å². The third kappa shape index (κ3) is 14.6. The summed E-state index contributed by atoms with van der Waals surface area (Å²) in [5.74, 6) is -2.24. The molecule has 0 radical (unpaired) electrons. The fourth-order valence-electron chi connectivity index (χ4n) is 7.29. The van der Waals surface area contributed by atoms with E-state index in [9.17, 15) is 28.8 Å². The van der Waals surface area contributed by atoms with E-state index < -0.39 is 41.8 Å². The highest BCUT2D eigenvalue weighted by Crippen LogP contribution is 2.38. The minimum Gasteiger partial charge on any atom is -0.370 e. The van der Waals surface area contributed by atoms with Crippen molar-refractivity contribution < 1.29 is 28.8 Å². The maximum atomic E-state index is 13.9. The number of nitrogens with one attached hydrogen (secondary N) is 5. The summed E-state index contributed by atoms with van der Waals surface area (Å²) in [4.78, 5) is 89.3. The van der Waals surface area contributed by atoms with E-state index in [1.807, 2.05) is 24.3 Å². The number of benzene rings is 2. The second kappa shape index (κ2) is 23.5. The van der Waals surface area contributed by atoms with Crippen LogP contribution in [0.4, 0.5) is 17.1 Å². The van der Waals surface area contributed by atoms with Crippen LogP contribution < -0.4 is 54.4 Å². The maximum absolute atomic E-state index is 13.9. The largest absolute Gasteiger partial charge is 0.370 e. The lowest BCUT2D eigenvalue weighted by molar-refractivity contribution is -0.134. The van der Waals surface area contributed by atoms with E-state index in [2.05, 4.69) is 41.5 Å². The maximum Gasteiger partial charge on any atom is 0.257 e. The van der Waals surface area contributed by atoms with Crippen molar-refractivity contribution in [1.29, 1.82) is 0 Å². The average molecular weight is 832 g/mol. The number of carbonyl (C=O) groups is 6. The third-order valence-corrected chi connectivity index (χ3v) is 10.4. The summed E-state index contributed by atoms with van der Waals surface area (Å²) in [6.45, 7) is 5.62. The number of likely N-dealkylation sites (tertiary alicyclic amines) is 1. The Bertz CT molecular complexity index is 1870. The summed E-state index contributed by atoms with van der Waals surface area (Å²) in [5.41, 5.74) is 23.9. The molecule has 1 fully saturated rings. The van der Waals surface area contributed by atoms with E-state index in [-0.39, 0.29) is 43.2 Å². The minimum absolute atomic E-state index is 0.0439. The van der Waals surface area contributed by atoms with Gasteiger partial charge in [-0.15, -0.1) is 0 Å². The summed E-state index contributed by atoms with van der Waals surface area (Å²) in [6.07, 6.45) is 6.10. The zero-order valence-electron chi connectivity index (χ0n) is 34.6. The van der Waals surface area contributed by atoms with Gasteiger partial charge in [0.15, 0.2) is 11.9 Å². The van der Waals surface area contributed by atoms with E-state index in [1.54, 1.807) is 29.2 Å². The van der Waals surface area contributed by atoms with Crippen molar-refractivity contribution in [2.24, 2.45) is 38.8 Å². The van der Waals surface area contributed by atoms with Crippen LogP contribution in [0.25, 0.3) is 0 Å². The smallest absolute Gasteiger partial charge is 0.257 e. The Morgan fingerprint density at radius 3 is 2.05 bits per heavy atom. The van der Waals surface area contributed by atoms with Gasteiger partial charge in [0.1, 0.15) is 12.1 Å². The molecule has 0 aliphatic carbocycles. The highest BCUT2D eigenvalue weighted by molar-refractivity contribution is 6.18. The Labute approximate surface area is 350 Å². The Kier molecular flexibility index (Phi) is 18.3. The Balaban J connectivity index is 1.24. The number of nitrogens with two attached hydrogens (primary N) is 4. The molecule has 0 bridgehead atoms. The standard InChI is InChI=1S/C41H61N13O6/c1-26(36(57)52-32(39(60)50-27(2)55)15-10-22-48-41(44)45)49-38(59)31(14-9-21-47-40(42)43)46-20-8-7-11-28-18-23-53(24-19-28)25-35(56)54-33-16-5-3-12-29(33)37(58)51-30-13-4-6-17-34(30)54/h3-6,12-13,16-17,26,28,31-32,46H,7-11,14-15,18-25H2,1-2H3,(H,49,59)(H,51,58)(H,52,57)(H4,42,43,47)(H4,44,45,48)(H,50,55,60)/t26-,31+,32-/m0/s1. The van der Waals surface area contributed by atoms with Crippen molar-refractivity contribution in [3.8, 4) is 0 Å². The molecule has 0 spiro atoms. The first kappa shape index (κ1) is 46.6. The summed E-state index contributed by atoms with van der Waals surface area (Å²) < 4.78 is 0. The van der Waals surface area contributed by atoms with Gasteiger partial charge in [-0.3, -0.25) is 53.9 Å². The van der Waals surface area contributed by atoms with Crippen LogP contribution in [0.3, 0.4) is 0 Å². The van der Waals surface area contributed by atoms with Crippen molar-refractivity contribution in [1.82, 2.24) is 26.2 Å². The average Bonchev–Trinajstić information content (AvgIpc) is 3.33. The van der Waals surface area contributed by atoms with Crippen LogP contribution in [0.5, 0.6) is 0 Å². The van der Waals surface area contributed by atoms with Gasteiger partial charge in [0.2, 0.25) is 29.5 Å². The van der Waals surface area contributed by atoms with E-state index in [1.165, 1.54) is 13.8 Å². The molecule has 6 amide bonds. The normalized spacial score (nSPS) is 15.4. The third-order valence-electron chi connectivity index (χ3n) is 10.4. The van der Waals surface area contributed by atoms with Gasteiger partial charge >= 0.3 is 0 Å². The molecular formula is C41H61N13O6. The Morgan fingerprint density at radius 1 is 0.783 bits per heavy atom. The zero-order chi connectivity index (χ0) is 43.6. The molecule has 0 saturated carbocycles. The van der Waals surface area contributed by atoms with E-state index in [0.717, 1.165) is 45.2 Å².